The van der Waals surface area contributed by atoms with E-state index in [9.17, 15) is 4.79 Å². The summed E-state index contributed by atoms with van der Waals surface area (Å²) in [6.45, 7) is 9.21. The summed E-state index contributed by atoms with van der Waals surface area (Å²) < 4.78 is 0. The van der Waals surface area contributed by atoms with Crippen LogP contribution in [0.25, 0.3) is 0 Å². The molecule has 3 unspecified atom stereocenters. The quantitative estimate of drug-likeness (QED) is 0.742. The highest BCUT2D eigenvalue weighted by atomic mass is 16.2. The van der Waals surface area contributed by atoms with Crippen LogP contribution >= 0.6 is 0 Å². The van der Waals surface area contributed by atoms with Gasteiger partial charge in [0.15, 0.2) is 0 Å². The predicted molar refractivity (Wildman–Crippen MR) is 62.3 cm³/mol. The molecule has 3 heteroatoms. The van der Waals surface area contributed by atoms with Crippen LogP contribution in [0.2, 0.25) is 0 Å². The van der Waals surface area contributed by atoms with E-state index in [2.05, 4.69) is 33.0 Å². The van der Waals surface area contributed by atoms with E-state index >= 15 is 0 Å². The lowest BCUT2D eigenvalue weighted by molar-refractivity contribution is -0.122. The number of hydrogen-bond acceptors (Lipinski definition) is 2. The molecule has 0 radical (unpaired) electrons. The number of amides is 1. The molecular formula is C12H24N2O. The fourth-order valence-corrected chi connectivity index (χ4v) is 1.91. The van der Waals surface area contributed by atoms with Crippen molar-refractivity contribution in [3.63, 3.8) is 0 Å². The van der Waals surface area contributed by atoms with Gasteiger partial charge in [0.1, 0.15) is 0 Å². The summed E-state index contributed by atoms with van der Waals surface area (Å²) in [5, 5.41) is 2.93. The third-order valence-corrected chi connectivity index (χ3v) is 2.86. The van der Waals surface area contributed by atoms with Crippen molar-refractivity contribution in [2.45, 2.75) is 46.6 Å². The van der Waals surface area contributed by atoms with Crippen molar-refractivity contribution >= 4 is 5.91 Å². The zero-order chi connectivity index (χ0) is 11.6. The molecule has 15 heavy (non-hydrogen) atoms. The molecule has 0 heterocycles. The Kier molecular flexibility index (Phi) is 3.77. The highest BCUT2D eigenvalue weighted by Gasteiger charge is 2.38. The molecule has 1 amide bonds. The molecule has 0 spiro atoms. The van der Waals surface area contributed by atoms with Gasteiger partial charge in [0, 0.05) is 18.5 Å². The van der Waals surface area contributed by atoms with E-state index in [0.29, 0.717) is 12.5 Å². The van der Waals surface area contributed by atoms with Crippen LogP contribution in [-0.2, 0) is 4.79 Å². The first-order chi connectivity index (χ1) is 6.79. The second-order valence-electron chi connectivity index (χ2n) is 6.09. The molecular weight excluding hydrogens is 188 g/mol. The number of hydrogen-bond donors (Lipinski definition) is 2. The zero-order valence-corrected chi connectivity index (χ0v) is 10.3. The summed E-state index contributed by atoms with van der Waals surface area (Å²) in [6.07, 6.45) is 1.98. The Balaban J connectivity index is 2.16. The maximum atomic E-state index is 11.5. The summed E-state index contributed by atoms with van der Waals surface area (Å²) in [5.74, 6) is 1.02. The zero-order valence-electron chi connectivity index (χ0n) is 10.3. The Hall–Kier alpha value is -0.570. The lowest BCUT2D eigenvalue weighted by Gasteiger charge is -2.23. The molecule has 0 bridgehead atoms. The van der Waals surface area contributed by atoms with Crippen LogP contribution in [0.3, 0.4) is 0 Å². The van der Waals surface area contributed by atoms with E-state index in [1.807, 2.05) is 0 Å². The third-order valence-electron chi connectivity index (χ3n) is 2.86. The first-order valence-corrected chi connectivity index (χ1v) is 5.83. The first-order valence-electron chi connectivity index (χ1n) is 5.83. The highest BCUT2D eigenvalue weighted by Crippen LogP contribution is 2.37. The van der Waals surface area contributed by atoms with E-state index in [4.69, 9.17) is 5.73 Å². The van der Waals surface area contributed by atoms with Gasteiger partial charge < -0.3 is 11.1 Å². The lowest BCUT2D eigenvalue weighted by atomic mass is 9.88. The van der Waals surface area contributed by atoms with Gasteiger partial charge in [-0.1, -0.05) is 27.7 Å². The van der Waals surface area contributed by atoms with Gasteiger partial charge in [0.05, 0.1) is 0 Å². The van der Waals surface area contributed by atoms with Gasteiger partial charge in [-0.25, -0.2) is 0 Å². The van der Waals surface area contributed by atoms with Crippen LogP contribution in [-0.4, -0.2) is 18.5 Å². The van der Waals surface area contributed by atoms with Crippen molar-refractivity contribution in [2.75, 3.05) is 6.54 Å². The van der Waals surface area contributed by atoms with Crippen LogP contribution in [0.1, 0.15) is 40.5 Å². The van der Waals surface area contributed by atoms with Crippen LogP contribution in [0.15, 0.2) is 0 Å². The van der Waals surface area contributed by atoms with E-state index < -0.39 is 0 Å². The van der Waals surface area contributed by atoms with Crippen molar-refractivity contribution in [3.8, 4) is 0 Å². The van der Waals surface area contributed by atoms with Crippen LogP contribution in [0, 0.1) is 17.3 Å². The largest absolute Gasteiger partial charge is 0.354 e. The molecule has 1 rings (SSSR count). The molecule has 0 aromatic rings. The molecule has 3 N–H and O–H groups in total. The molecule has 3 nitrogen and oxygen atoms in total. The molecule has 1 saturated carbocycles. The highest BCUT2D eigenvalue weighted by molar-refractivity contribution is 5.81. The second kappa shape index (κ2) is 4.52. The fourth-order valence-electron chi connectivity index (χ4n) is 1.91. The lowest BCUT2D eigenvalue weighted by Crippen LogP contribution is -2.40. The number of carbonyl (C=O) groups is 1. The summed E-state index contributed by atoms with van der Waals surface area (Å²) >= 11 is 0. The smallest absolute Gasteiger partial charge is 0.223 e. The van der Waals surface area contributed by atoms with Gasteiger partial charge >= 0.3 is 0 Å². The van der Waals surface area contributed by atoms with Crippen molar-refractivity contribution in [1.29, 1.82) is 0 Å². The number of nitrogens with one attached hydrogen (secondary N) is 1. The van der Waals surface area contributed by atoms with Gasteiger partial charge in [-0.2, -0.15) is 0 Å². The average Bonchev–Trinajstić information content (AvgIpc) is 2.75. The van der Waals surface area contributed by atoms with Gasteiger partial charge in [0.2, 0.25) is 5.91 Å². The Morgan fingerprint density at radius 1 is 1.53 bits per heavy atom. The summed E-state index contributed by atoms with van der Waals surface area (Å²) in [5.41, 5.74) is 6.18. The van der Waals surface area contributed by atoms with Crippen molar-refractivity contribution in [2.24, 2.45) is 23.0 Å². The van der Waals surface area contributed by atoms with Crippen LogP contribution in [0.5, 0.6) is 0 Å². The Labute approximate surface area is 92.8 Å². The van der Waals surface area contributed by atoms with Crippen LogP contribution < -0.4 is 11.1 Å². The Bertz CT molecular complexity index is 232. The minimum Gasteiger partial charge on any atom is -0.354 e. The standard InChI is InChI=1S/C12H24N2O/c1-8-5-10(8)11(15)14-7-9(13)6-12(2,3)4/h8-10H,5-7,13H2,1-4H3,(H,14,15). The third kappa shape index (κ3) is 4.65. The van der Waals surface area contributed by atoms with E-state index in [1.165, 1.54) is 0 Å². The molecule has 0 aliphatic heterocycles. The molecule has 1 aliphatic rings. The number of carbonyl (C=O) groups excluding carboxylic acids is 1. The molecule has 1 aliphatic carbocycles. The number of rotatable bonds is 4. The maximum absolute atomic E-state index is 11.5. The Morgan fingerprint density at radius 3 is 2.47 bits per heavy atom. The fraction of sp³-hybridized carbons (Fsp3) is 0.917. The van der Waals surface area contributed by atoms with Crippen molar-refractivity contribution < 1.29 is 4.79 Å². The normalized spacial score (nSPS) is 27.3. The second-order valence-corrected chi connectivity index (χ2v) is 6.09. The van der Waals surface area contributed by atoms with E-state index in [1.54, 1.807) is 0 Å². The van der Waals surface area contributed by atoms with E-state index in [0.717, 1.165) is 12.8 Å². The summed E-state index contributed by atoms with van der Waals surface area (Å²) in [7, 11) is 0. The molecule has 0 aromatic heterocycles. The first kappa shape index (κ1) is 12.5. The van der Waals surface area contributed by atoms with Gasteiger partial charge in [0.25, 0.3) is 0 Å². The summed E-state index contributed by atoms with van der Waals surface area (Å²) in [4.78, 5) is 11.5. The predicted octanol–water partition coefficient (Wildman–Crippen LogP) is 1.52. The van der Waals surface area contributed by atoms with Gasteiger partial charge in [-0.05, 0) is 24.2 Å². The summed E-state index contributed by atoms with van der Waals surface area (Å²) in [6, 6.07) is 0.0722. The molecule has 3 atom stereocenters. The van der Waals surface area contributed by atoms with Crippen molar-refractivity contribution in [1.82, 2.24) is 5.32 Å². The molecule has 0 saturated heterocycles. The SMILES string of the molecule is CC1CC1C(=O)NCC(N)CC(C)(C)C. The Morgan fingerprint density at radius 2 is 2.07 bits per heavy atom. The minimum atomic E-state index is 0.0722. The van der Waals surface area contributed by atoms with Gasteiger partial charge in [-0.3, -0.25) is 4.79 Å². The average molecular weight is 212 g/mol. The molecule has 0 aromatic carbocycles. The van der Waals surface area contributed by atoms with Crippen molar-refractivity contribution in [3.05, 3.63) is 0 Å². The molecule has 1 fully saturated rings. The van der Waals surface area contributed by atoms with Gasteiger partial charge in [-0.15, -0.1) is 0 Å². The topological polar surface area (TPSA) is 55.1 Å². The van der Waals surface area contributed by atoms with Crippen LogP contribution in [0.4, 0.5) is 0 Å². The van der Waals surface area contributed by atoms with E-state index in [-0.39, 0.29) is 23.3 Å². The maximum Gasteiger partial charge on any atom is 0.223 e. The molecule has 88 valence electrons. The number of nitrogens with two attached hydrogens (primary N) is 1. The minimum absolute atomic E-state index is 0.0722. The monoisotopic (exact) mass is 212 g/mol.